The summed E-state index contributed by atoms with van der Waals surface area (Å²) in [6.45, 7) is 1.32. The first-order valence-corrected chi connectivity index (χ1v) is 9.30. The van der Waals surface area contributed by atoms with Gasteiger partial charge in [0.05, 0.1) is 11.2 Å². The number of aromatic nitrogens is 3. The first-order valence-electron chi connectivity index (χ1n) is 9.30. The summed E-state index contributed by atoms with van der Waals surface area (Å²) in [5.41, 5.74) is 15.6. The van der Waals surface area contributed by atoms with Gasteiger partial charge in [-0.2, -0.15) is 4.73 Å². The van der Waals surface area contributed by atoms with E-state index in [2.05, 4.69) is 9.97 Å². The van der Waals surface area contributed by atoms with E-state index < -0.39 is 5.97 Å². The SMILES string of the molecule is CC(=O)On1c(-c2ccc(-c3ccc(C(=N)N)cn3)cc2)nc2cc(C(=N)N)ccc21. The number of rotatable bonds is 5. The smallest absolute Gasteiger partial charge is 0.329 e. The molecule has 6 N–H and O–H groups in total. The third-order valence-electron chi connectivity index (χ3n) is 4.66. The van der Waals surface area contributed by atoms with Gasteiger partial charge in [-0.1, -0.05) is 24.3 Å². The molecule has 9 heteroatoms. The van der Waals surface area contributed by atoms with Gasteiger partial charge < -0.3 is 16.3 Å². The number of carbonyl (C=O) groups excluding carboxylic acids is 1. The molecule has 0 amide bonds. The molecule has 4 rings (SSSR count). The number of imidazole rings is 1. The lowest BCUT2D eigenvalue weighted by Gasteiger charge is -2.08. The standard InChI is InChI=1S/C22H19N7O2/c1-12(30)31-29-19-9-7-15(20(23)24)10-18(19)28-22(29)14-4-2-13(3-5-14)17-8-6-16(11-27-17)21(25)26/h2-11H,1H3,(H3,23,24)(H3,25,26). The Labute approximate surface area is 177 Å². The fourth-order valence-electron chi connectivity index (χ4n) is 3.14. The monoisotopic (exact) mass is 413 g/mol. The molecule has 154 valence electrons. The van der Waals surface area contributed by atoms with Crippen LogP contribution >= 0.6 is 0 Å². The van der Waals surface area contributed by atoms with Crippen LogP contribution in [0.2, 0.25) is 0 Å². The Morgan fingerprint density at radius 3 is 2.16 bits per heavy atom. The van der Waals surface area contributed by atoms with Crippen molar-refractivity contribution in [2.45, 2.75) is 6.92 Å². The Balaban J connectivity index is 1.75. The van der Waals surface area contributed by atoms with Gasteiger partial charge in [0.1, 0.15) is 17.2 Å². The molecule has 0 atom stereocenters. The minimum absolute atomic E-state index is 0.0355. The fraction of sp³-hybridized carbons (Fsp3) is 0.0455. The van der Waals surface area contributed by atoms with Gasteiger partial charge in [0.2, 0.25) is 0 Å². The maximum atomic E-state index is 11.7. The van der Waals surface area contributed by atoms with E-state index in [1.807, 2.05) is 24.3 Å². The molecule has 2 heterocycles. The first-order chi connectivity index (χ1) is 14.8. The summed E-state index contributed by atoms with van der Waals surface area (Å²) in [5.74, 6) is -0.148. The van der Waals surface area contributed by atoms with Crippen LogP contribution in [0.4, 0.5) is 0 Å². The van der Waals surface area contributed by atoms with Crippen molar-refractivity contribution in [2.75, 3.05) is 0 Å². The van der Waals surface area contributed by atoms with Crippen molar-refractivity contribution in [3.05, 3.63) is 71.9 Å². The quantitative estimate of drug-likeness (QED) is 0.290. The highest BCUT2D eigenvalue weighted by Gasteiger charge is 2.16. The van der Waals surface area contributed by atoms with E-state index >= 15 is 0 Å². The molecule has 4 aromatic rings. The van der Waals surface area contributed by atoms with Gasteiger partial charge in [-0.25, -0.2) is 9.78 Å². The summed E-state index contributed by atoms with van der Waals surface area (Å²) in [6, 6.07) is 16.1. The number of pyridine rings is 1. The molecule has 9 nitrogen and oxygen atoms in total. The molecule has 0 aliphatic carbocycles. The van der Waals surface area contributed by atoms with E-state index in [1.165, 1.54) is 11.7 Å². The van der Waals surface area contributed by atoms with Gasteiger partial charge in [-0.15, -0.1) is 0 Å². The number of nitrogen functional groups attached to an aromatic ring is 2. The minimum Gasteiger partial charge on any atom is -0.384 e. The van der Waals surface area contributed by atoms with Gasteiger partial charge in [0, 0.05) is 35.4 Å². The lowest BCUT2D eigenvalue weighted by Crippen LogP contribution is -2.17. The minimum atomic E-state index is -0.484. The average Bonchev–Trinajstić information content (AvgIpc) is 3.11. The summed E-state index contributed by atoms with van der Waals surface area (Å²) >= 11 is 0. The van der Waals surface area contributed by atoms with E-state index in [4.69, 9.17) is 27.1 Å². The Morgan fingerprint density at radius 2 is 1.58 bits per heavy atom. The molecule has 0 unspecified atom stereocenters. The number of amidine groups is 2. The molecule has 0 bridgehead atoms. The fourth-order valence-corrected chi connectivity index (χ4v) is 3.14. The van der Waals surface area contributed by atoms with Crippen molar-refractivity contribution in [1.82, 2.24) is 14.7 Å². The van der Waals surface area contributed by atoms with Crippen molar-refractivity contribution in [2.24, 2.45) is 11.5 Å². The highest BCUT2D eigenvalue weighted by atomic mass is 16.7. The number of nitrogens with zero attached hydrogens (tertiary/aromatic N) is 3. The number of nitrogens with one attached hydrogen (secondary N) is 2. The van der Waals surface area contributed by atoms with Crippen molar-refractivity contribution in [3.63, 3.8) is 0 Å². The third kappa shape index (κ3) is 3.84. The maximum Gasteiger partial charge on any atom is 0.329 e. The average molecular weight is 413 g/mol. The molecule has 31 heavy (non-hydrogen) atoms. The Morgan fingerprint density at radius 1 is 0.935 bits per heavy atom. The largest absolute Gasteiger partial charge is 0.384 e. The second kappa shape index (κ2) is 7.71. The van der Waals surface area contributed by atoms with E-state index in [-0.39, 0.29) is 11.7 Å². The van der Waals surface area contributed by atoms with E-state index in [0.29, 0.717) is 28.0 Å². The van der Waals surface area contributed by atoms with Crippen LogP contribution in [-0.2, 0) is 4.79 Å². The van der Waals surface area contributed by atoms with Crippen LogP contribution in [0.15, 0.2) is 60.8 Å². The molecule has 0 fully saturated rings. The summed E-state index contributed by atoms with van der Waals surface area (Å²) in [4.78, 5) is 26.0. The first kappa shape index (κ1) is 19.8. The number of nitrogens with two attached hydrogens (primary N) is 2. The van der Waals surface area contributed by atoms with E-state index in [0.717, 1.165) is 16.8 Å². The number of fused-ring (bicyclic) bond motifs is 1. The van der Waals surface area contributed by atoms with Crippen molar-refractivity contribution >= 4 is 28.7 Å². The zero-order valence-electron chi connectivity index (χ0n) is 16.6. The number of benzene rings is 2. The predicted molar refractivity (Wildman–Crippen MR) is 118 cm³/mol. The van der Waals surface area contributed by atoms with Gasteiger partial charge in [-0.3, -0.25) is 15.8 Å². The Bertz CT molecular complexity index is 1320. The van der Waals surface area contributed by atoms with Crippen molar-refractivity contribution in [3.8, 4) is 22.6 Å². The highest BCUT2D eigenvalue weighted by Crippen LogP contribution is 2.27. The maximum absolute atomic E-state index is 11.7. The Hall–Kier alpha value is -4.53. The van der Waals surface area contributed by atoms with Crippen LogP contribution < -0.4 is 16.3 Å². The second-order valence-corrected chi connectivity index (χ2v) is 6.85. The number of carbonyl (C=O) groups is 1. The lowest BCUT2D eigenvalue weighted by atomic mass is 10.1. The van der Waals surface area contributed by atoms with E-state index in [1.54, 1.807) is 36.5 Å². The van der Waals surface area contributed by atoms with Crippen LogP contribution in [0.1, 0.15) is 18.1 Å². The van der Waals surface area contributed by atoms with Gasteiger partial charge >= 0.3 is 5.97 Å². The van der Waals surface area contributed by atoms with Gasteiger partial charge in [0.15, 0.2) is 5.82 Å². The number of hydrogen-bond acceptors (Lipinski definition) is 6. The lowest BCUT2D eigenvalue weighted by molar-refractivity contribution is -0.140. The zero-order valence-corrected chi connectivity index (χ0v) is 16.6. The van der Waals surface area contributed by atoms with Gasteiger partial charge in [0.25, 0.3) is 0 Å². The van der Waals surface area contributed by atoms with Gasteiger partial charge in [-0.05, 0) is 30.3 Å². The van der Waals surface area contributed by atoms with Crippen molar-refractivity contribution < 1.29 is 9.63 Å². The highest BCUT2D eigenvalue weighted by molar-refractivity contribution is 5.98. The summed E-state index contributed by atoms with van der Waals surface area (Å²) in [7, 11) is 0. The topological polar surface area (TPSA) is 157 Å². The van der Waals surface area contributed by atoms with Crippen molar-refractivity contribution in [1.29, 1.82) is 10.8 Å². The summed E-state index contributed by atoms with van der Waals surface area (Å²) in [6.07, 6.45) is 1.55. The van der Waals surface area contributed by atoms with Crippen LogP contribution in [0.25, 0.3) is 33.7 Å². The molecule has 0 spiro atoms. The normalized spacial score (nSPS) is 10.7. The van der Waals surface area contributed by atoms with E-state index in [9.17, 15) is 4.79 Å². The molecule has 0 saturated heterocycles. The molecular weight excluding hydrogens is 394 g/mol. The molecule has 2 aromatic heterocycles. The predicted octanol–water partition coefficient (Wildman–Crippen LogP) is 2.31. The molecule has 0 saturated carbocycles. The van der Waals surface area contributed by atoms with Crippen LogP contribution in [0.5, 0.6) is 0 Å². The summed E-state index contributed by atoms with van der Waals surface area (Å²) < 4.78 is 1.37. The molecule has 0 radical (unpaired) electrons. The molecule has 0 aliphatic heterocycles. The zero-order chi connectivity index (χ0) is 22.1. The second-order valence-electron chi connectivity index (χ2n) is 6.85. The summed E-state index contributed by atoms with van der Waals surface area (Å²) in [5, 5.41) is 15.1. The molecular formula is C22H19N7O2. The Kier molecular flexibility index (Phi) is 4.92. The van der Waals surface area contributed by atoms with Crippen LogP contribution in [-0.4, -0.2) is 32.3 Å². The number of hydrogen-bond donors (Lipinski definition) is 4. The van der Waals surface area contributed by atoms with Crippen LogP contribution in [0.3, 0.4) is 0 Å². The van der Waals surface area contributed by atoms with Crippen LogP contribution in [0, 0.1) is 10.8 Å². The third-order valence-corrected chi connectivity index (χ3v) is 4.66. The molecule has 2 aromatic carbocycles. The molecule has 0 aliphatic rings.